The van der Waals surface area contributed by atoms with Gasteiger partial charge in [0, 0.05) is 17.9 Å². The smallest absolute Gasteiger partial charge is 0.333 e. The van der Waals surface area contributed by atoms with Crippen molar-refractivity contribution in [2.45, 2.75) is 102 Å². The van der Waals surface area contributed by atoms with Crippen molar-refractivity contribution < 1.29 is 37.6 Å². The Bertz CT molecular complexity index is 674. The molecular formula is C21H32F2O6. The van der Waals surface area contributed by atoms with Crippen molar-refractivity contribution in [1.82, 2.24) is 0 Å². The molecule has 0 spiro atoms. The van der Waals surface area contributed by atoms with E-state index in [0.29, 0.717) is 31.3 Å². The van der Waals surface area contributed by atoms with Crippen molar-refractivity contribution in [2.24, 2.45) is 5.92 Å². The molecule has 3 rings (SSSR count). The third kappa shape index (κ3) is 3.42. The van der Waals surface area contributed by atoms with E-state index >= 15 is 0 Å². The zero-order valence-electron chi connectivity index (χ0n) is 17.8. The number of halogens is 2. The highest BCUT2D eigenvalue weighted by Gasteiger charge is 2.71. The lowest BCUT2D eigenvalue weighted by Crippen LogP contribution is -2.60. The number of hydrogen-bond donors (Lipinski definition) is 1. The average Bonchev–Trinajstić information content (AvgIpc) is 3.28. The lowest BCUT2D eigenvalue weighted by Gasteiger charge is -2.47. The summed E-state index contributed by atoms with van der Waals surface area (Å²) < 4.78 is 52.5. The molecule has 6 unspecified atom stereocenters. The van der Waals surface area contributed by atoms with Gasteiger partial charge in [0.1, 0.15) is 6.10 Å². The van der Waals surface area contributed by atoms with Gasteiger partial charge in [0.25, 0.3) is 0 Å². The molecule has 0 aromatic heterocycles. The lowest BCUT2D eigenvalue weighted by molar-refractivity contribution is -0.306. The van der Waals surface area contributed by atoms with Gasteiger partial charge in [-0.1, -0.05) is 20.4 Å². The van der Waals surface area contributed by atoms with Crippen LogP contribution < -0.4 is 0 Å². The number of alkyl halides is 2. The minimum atomic E-state index is -3.58. The van der Waals surface area contributed by atoms with Crippen molar-refractivity contribution in [2.75, 3.05) is 6.61 Å². The minimum Gasteiger partial charge on any atom is -0.456 e. The first-order valence-corrected chi connectivity index (χ1v) is 10.3. The summed E-state index contributed by atoms with van der Waals surface area (Å²) in [5.74, 6) is -6.73. The molecule has 3 saturated heterocycles. The number of ether oxygens (including phenoxy) is 4. The fraction of sp³-hybridized carbons (Fsp3) is 0.857. The fourth-order valence-electron chi connectivity index (χ4n) is 5.02. The fourth-order valence-corrected chi connectivity index (χ4v) is 5.02. The molecule has 0 amide bonds. The van der Waals surface area contributed by atoms with Crippen LogP contribution >= 0.6 is 0 Å². The standard InChI is InChI=1S/C21H32F2O6/c1-7-20(8-2,29-18(5)11-26-19(6,25)21(18,22)23)13-9-15-16(10-14(13)27-15)28-17(24)12(3)4/h13-16,25H,3,7-11H2,1-2,4-6H3. The molecule has 0 radical (unpaired) electrons. The van der Waals surface area contributed by atoms with Crippen molar-refractivity contribution in [3.05, 3.63) is 12.2 Å². The predicted molar refractivity (Wildman–Crippen MR) is 100 cm³/mol. The highest BCUT2D eigenvalue weighted by molar-refractivity contribution is 5.87. The van der Waals surface area contributed by atoms with Gasteiger partial charge < -0.3 is 24.1 Å². The van der Waals surface area contributed by atoms with Crippen LogP contribution in [0.25, 0.3) is 0 Å². The molecular weight excluding hydrogens is 386 g/mol. The van der Waals surface area contributed by atoms with Crippen LogP contribution in [-0.2, 0) is 23.7 Å². The van der Waals surface area contributed by atoms with Gasteiger partial charge in [-0.25, -0.2) is 4.79 Å². The van der Waals surface area contributed by atoms with E-state index in [4.69, 9.17) is 18.9 Å². The Hall–Kier alpha value is -1.09. The highest BCUT2D eigenvalue weighted by atomic mass is 19.3. The summed E-state index contributed by atoms with van der Waals surface area (Å²) in [6.07, 6.45) is 1.17. The molecule has 3 aliphatic rings. The van der Waals surface area contributed by atoms with Gasteiger partial charge in [-0.15, -0.1) is 0 Å². The Morgan fingerprint density at radius 1 is 1.24 bits per heavy atom. The van der Waals surface area contributed by atoms with E-state index in [1.54, 1.807) is 6.92 Å². The molecule has 166 valence electrons. The Balaban J connectivity index is 1.78. The average molecular weight is 418 g/mol. The molecule has 0 saturated carbocycles. The maximum atomic E-state index is 14.9. The molecule has 8 heteroatoms. The van der Waals surface area contributed by atoms with E-state index < -0.39 is 35.5 Å². The monoisotopic (exact) mass is 418 g/mol. The van der Waals surface area contributed by atoms with Gasteiger partial charge in [-0.3, -0.25) is 0 Å². The molecule has 29 heavy (non-hydrogen) atoms. The Kier molecular flexibility index (Phi) is 5.65. The number of esters is 1. The van der Waals surface area contributed by atoms with Gasteiger partial charge in [-0.2, -0.15) is 8.78 Å². The summed E-state index contributed by atoms with van der Waals surface area (Å²) in [5.41, 5.74) is -2.51. The van der Waals surface area contributed by atoms with Crippen LogP contribution in [-0.4, -0.2) is 58.9 Å². The van der Waals surface area contributed by atoms with Crippen LogP contribution in [0.1, 0.15) is 60.3 Å². The van der Waals surface area contributed by atoms with Crippen molar-refractivity contribution in [1.29, 1.82) is 0 Å². The highest BCUT2D eigenvalue weighted by Crippen LogP contribution is 2.54. The molecule has 3 aliphatic heterocycles. The molecule has 3 heterocycles. The van der Waals surface area contributed by atoms with Crippen LogP contribution in [0, 0.1) is 5.92 Å². The van der Waals surface area contributed by atoms with Crippen LogP contribution in [0.4, 0.5) is 8.78 Å². The molecule has 0 aromatic rings. The van der Waals surface area contributed by atoms with E-state index in [1.807, 2.05) is 13.8 Å². The summed E-state index contributed by atoms with van der Waals surface area (Å²) in [6, 6.07) is 0. The zero-order valence-corrected chi connectivity index (χ0v) is 17.8. The van der Waals surface area contributed by atoms with Crippen molar-refractivity contribution in [3.8, 4) is 0 Å². The number of carbonyl (C=O) groups is 1. The van der Waals surface area contributed by atoms with Crippen LogP contribution in [0.2, 0.25) is 0 Å². The number of carbonyl (C=O) groups excluding carboxylic acids is 1. The van der Waals surface area contributed by atoms with E-state index in [-0.39, 0.29) is 24.2 Å². The molecule has 0 aromatic carbocycles. The number of rotatable bonds is 7. The maximum Gasteiger partial charge on any atom is 0.333 e. The first kappa shape index (κ1) is 22.6. The third-order valence-electron chi connectivity index (χ3n) is 6.95. The Morgan fingerprint density at radius 3 is 2.28 bits per heavy atom. The quantitative estimate of drug-likeness (QED) is 0.505. The van der Waals surface area contributed by atoms with E-state index in [2.05, 4.69) is 6.58 Å². The van der Waals surface area contributed by atoms with Crippen LogP contribution in [0.5, 0.6) is 0 Å². The SMILES string of the molecule is C=C(C)C(=O)OC1CC2OC1CC2C(CC)(CC)OC1(C)COC(C)(O)C1(F)F. The normalized spacial score (nSPS) is 41.0. The first-order chi connectivity index (χ1) is 13.3. The van der Waals surface area contributed by atoms with E-state index in [0.717, 1.165) is 6.92 Å². The second kappa shape index (κ2) is 7.25. The van der Waals surface area contributed by atoms with E-state index in [1.165, 1.54) is 6.92 Å². The second-order valence-electron chi connectivity index (χ2n) is 8.97. The van der Waals surface area contributed by atoms with Gasteiger partial charge in [-0.05, 0) is 40.0 Å². The molecule has 0 aliphatic carbocycles. The summed E-state index contributed by atoms with van der Waals surface area (Å²) in [6.45, 7) is 10.8. The predicted octanol–water partition coefficient (Wildman–Crippen LogP) is 3.36. The summed E-state index contributed by atoms with van der Waals surface area (Å²) >= 11 is 0. The molecule has 6 atom stereocenters. The Morgan fingerprint density at radius 2 is 1.86 bits per heavy atom. The molecule has 3 fully saturated rings. The first-order valence-electron chi connectivity index (χ1n) is 10.3. The third-order valence-corrected chi connectivity index (χ3v) is 6.95. The summed E-state index contributed by atoms with van der Waals surface area (Å²) in [7, 11) is 0. The topological polar surface area (TPSA) is 74.2 Å². The number of fused-ring (bicyclic) bond motifs is 2. The lowest BCUT2D eigenvalue weighted by atomic mass is 9.72. The largest absolute Gasteiger partial charge is 0.456 e. The minimum absolute atomic E-state index is 0.125. The molecule has 2 bridgehead atoms. The van der Waals surface area contributed by atoms with Gasteiger partial charge in [0.15, 0.2) is 5.60 Å². The van der Waals surface area contributed by atoms with Crippen molar-refractivity contribution in [3.63, 3.8) is 0 Å². The van der Waals surface area contributed by atoms with Crippen LogP contribution in [0.15, 0.2) is 12.2 Å². The second-order valence-corrected chi connectivity index (χ2v) is 8.97. The number of hydrogen-bond acceptors (Lipinski definition) is 6. The number of aliphatic hydroxyl groups is 1. The zero-order chi connectivity index (χ0) is 21.8. The summed E-state index contributed by atoms with van der Waals surface area (Å²) in [4.78, 5) is 11.8. The molecule has 6 nitrogen and oxygen atoms in total. The van der Waals surface area contributed by atoms with Gasteiger partial charge in [0.05, 0.1) is 24.4 Å². The Labute approximate surface area is 170 Å². The van der Waals surface area contributed by atoms with Crippen molar-refractivity contribution >= 4 is 5.97 Å². The molecule has 1 N–H and O–H groups in total. The van der Waals surface area contributed by atoms with Crippen LogP contribution in [0.3, 0.4) is 0 Å². The van der Waals surface area contributed by atoms with Gasteiger partial charge in [0.2, 0.25) is 5.79 Å². The summed E-state index contributed by atoms with van der Waals surface area (Å²) in [5, 5.41) is 10.0. The maximum absolute atomic E-state index is 14.9. The van der Waals surface area contributed by atoms with Gasteiger partial charge >= 0.3 is 11.9 Å². The van der Waals surface area contributed by atoms with E-state index in [9.17, 15) is 18.7 Å².